The van der Waals surface area contributed by atoms with E-state index in [1.54, 1.807) is 0 Å². The van der Waals surface area contributed by atoms with E-state index in [-0.39, 0.29) is 0 Å². The maximum absolute atomic E-state index is 10.4. The highest BCUT2D eigenvalue weighted by molar-refractivity contribution is 5.69. The quantitative estimate of drug-likeness (QED) is 0.363. The van der Waals surface area contributed by atoms with Crippen LogP contribution in [-0.2, 0) is 4.74 Å². The van der Waals surface area contributed by atoms with E-state index in [0.717, 1.165) is 12.8 Å². The van der Waals surface area contributed by atoms with Crippen molar-refractivity contribution in [1.29, 1.82) is 0 Å². The number of carbonyl (C=O) groups excluding carboxylic acids is 1. The van der Waals surface area contributed by atoms with Gasteiger partial charge in [0, 0.05) is 6.04 Å². The minimum absolute atomic E-state index is 0.435. The van der Waals surface area contributed by atoms with Gasteiger partial charge >= 0.3 is 6.09 Å². The van der Waals surface area contributed by atoms with Crippen LogP contribution in [-0.4, -0.2) is 12.7 Å². The minimum Gasteiger partial charge on any atom is -0.449 e. The van der Waals surface area contributed by atoms with Crippen LogP contribution in [0.5, 0.6) is 0 Å². The highest BCUT2D eigenvalue weighted by atomic mass is 16.5. The number of amides is 1. The Bertz CT molecular complexity index is 137. The SMILES string of the molecule is C#CNC(=O)OCCCC. The summed E-state index contributed by atoms with van der Waals surface area (Å²) in [5, 5.41) is 2.07. The Kier molecular flexibility index (Phi) is 5.26. The molecule has 1 N–H and O–H groups in total. The number of unbranched alkanes of at least 4 members (excludes halogenated alkanes) is 1. The molecule has 0 spiro atoms. The number of terminal acetylenes is 1. The van der Waals surface area contributed by atoms with Crippen molar-refractivity contribution in [3.8, 4) is 12.5 Å². The molecule has 0 aliphatic carbocycles. The van der Waals surface area contributed by atoms with Crippen molar-refractivity contribution in [3.63, 3.8) is 0 Å². The smallest absolute Gasteiger partial charge is 0.418 e. The van der Waals surface area contributed by atoms with Crippen LogP contribution < -0.4 is 5.32 Å². The van der Waals surface area contributed by atoms with Gasteiger partial charge in [-0.15, -0.1) is 0 Å². The molecule has 0 saturated carbocycles. The normalized spacial score (nSPS) is 8.00. The van der Waals surface area contributed by atoms with Gasteiger partial charge in [-0.25, -0.2) is 10.1 Å². The van der Waals surface area contributed by atoms with Crippen molar-refractivity contribution >= 4 is 6.09 Å². The van der Waals surface area contributed by atoms with Gasteiger partial charge in [0.05, 0.1) is 6.61 Å². The summed E-state index contributed by atoms with van der Waals surface area (Å²) in [6.07, 6.45) is 6.10. The second-order valence-corrected chi connectivity index (χ2v) is 1.76. The van der Waals surface area contributed by atoms with Crippen molar-refractivity contribution in [2.45, 2.75) is 19.8 Å². The Labute approximate surface area is 60.8 Å². The molecular weight excluding hydrogens is 130 g/mol. The van der Waals surface area contributed by atoms with Crippen molar-refractivity contribution in [3.05, 3.63) is 0 Å². The number of carbonyl (C=O) groups is 1. The molecule has 0 aliphatic heterocycles. The summed E-state index contributed by atoms with van der Waals surface area (Å²) in [7, 11) is 0. The Hall–Kier alpha value is -1.17. The zero-order chi connectivity index (χ0) is 7.82. The van der Waals surface area contributed by atoms with E-state index < -0.39 is 6.09 Å². The molecule has 0 rings (SSSR count). The summed E-state index contributed by atoms with van der Waals surface area (Å²) in [6.45, 7) is 2.45. The lowest BCUT2D eigenvalue weighted by Gasteiger charge is -1.99. The topological polar surface area (TPSA) is 38.3 Å². The first kappa shape index (κ1) is 8.83. The average Bonchev–Trinajstić information content (AvgIpc) is 1.89. The van der Waals surface area contributed by atoms with Gasteiger partial charge in [-0.1, -0.05) is 19.8 Å². The van der Waals surface area contributed by atoms with Crippen LogP contribution in [0, 0.1) is 12.5 Å². The summed E-state index contributed by atoms with van der Waals surface area (Å²) < 4.78 is 4.63. The van der Waals surface area contributed by atoms with Gasteiger partial charge in [0.1, 0.15) is 0 Å². The summed E-state index contributed by atoms with van der Waals surface area (Å²) in [6, 6.07) is 1.97. The predicted molar refractivity (Wildman–Crippen MR) is 38.2 cm³/mol. The molecule has 0 aromatic rings. The molecule has 0 saturated heterocycles. The zero-order valence-electron chi connectivity index (χ0n) is 6.02. The molecule has 3 heteroatoms. The number of alkyl carbamates (subject to hydrolysis) is 1. The molecule has 0 unspecified atom stereocenters. The maximum atomic E-state index is 10.4. The second kappa shape index (κ2) is 5.96. The van der Waals surface area contributed by atoms with Crippen LogP contribution in [0.25, 0.3) is 0 Å². The van der Waals surface area contributed by atoms with E-state index in [1.165, 1.54) is 0 Å². The molecule has 0 heterocycles. The van der Waals surface area contributed by atoms with Crippen LogP contribution in [0.3, 0.4) is 0 Å². The number of hydrogen-bond donors (Lipinski definition) is 1. The number of nitrogens with one attached hydrogen (secondary N) is 1. The maximum Gasteiger partial charge on any atom is 0.418 e. The molecule has 1 amide bonds. The largest absolute Gasteiger partial charge is 0.449 e. The lowest BCUT2D eigenvalue weighted by Crippen LogP contribution is -2.19. The fourth-order valence-corrected chi connectivity index (χ4v) is 0.404. The molecule has 0 aliphatic rings. The van der Waals surface area contributed by atoms with Crippen molar-refractivity contribution in [2.24, 2.45) is 0 Å². The Balaban J connectivity index is 3.15. The molecule has 56 valence electrons. The first-order valence-corrected chi connectivity index (χ1v) is 3.19. The van der Waals surface area contributed by atoms with E-state index >= 15 is 0 Å². The molecule has 0 atom stereocenters. The van der Waals surface area contributed by atoms with Crippen molar-refractivity contribution in [1.82, 2.24) is 5.32 Å². The van der Waals surface area contributed by atoms with E-state index in [9.17, 15) is 4.79 Å². The van der Waals surface area contributed by atoms with Crippen LogP contribution in [0.1, 0.15) is 19.8 Å². The van der Waals surface area contributed by atoms with Gasteiger partial charge in [0.15, 0.2) is 0 Å². The summed E-state index contributed by atoms with van der Waals surface area (Å²) in [5.74, 6) is 0. The first-order valence-electron chi connectivity index (χ1n) is 3.19. The third-order valence-corrected chi connectivity index (χ3v) is 0.905. The van der Waals surface area contributed by atoms with Crippen LogP contribution in [0.4, 0.5) is 4.79 Å². The Morgan fingerprint density at radius 3 is 3.00 bits per heavy atom. The molecule has 0 radical (unpaired) electrons. The molecule has 0 fully saturated rings. The molecule has 0 aromatic carbocycles. The molecular formula is C7H11NO2. The van der Waals surface area contributed by atoms with Gasteiger partial charge in [-0.3, -0.25) is 0 Å². The van der Waals surface area contributed by atoms with Gasteiger partial charge in [0.25, 0.3) is 0 Å². The molecule has 0 aromatic heterocycles. The zero-order valence-corrected chi connectivity index (χ0v) is 6.02. The number of rotatable bonds is 3. The fourth-order valence-electron chi connectivity index (χ4n) is 0.404. The Morgan fingerprint density at radius 1 is 1.80 bits per heavy atom. The highest BCUT2D eigenvalue weighted by Crippen LogP contribution is 1.87. The highest BCUT2D eigenvalue weighted by Gasteiger charge is 1.95. The average molecular weight is 141 g/mol. The monoisotopic (exact) mass is 141 g/mol. The molecule has 10 heavy (non-hydrogen) atoms. The van der Waals surface area contributed by atoms with E-state index in [0.29, 0.717) is 6.61 Å². The van der Waals surface area contributed by atoms with Crippen LogP contribution in [0.15, 0.2) is 0 Å². The summed E-state index contributed by atoms with van der Waals surface area (Å²) >= 11 is 0. The van der Waals surface area contributed by atoms with Crippen molar-refractivity contribution in [2.75, 3.05) is 6.61 Å². The summed E-state index contributed by atoms with van der Waals surface area (Å²) in [5.41, 5.74) is 0. The fraction of sp³-hybridized carbons (Fsp3) is 0.571. The number of ether oxygens (including phenoxy) is 1. The molecule has 3 nitrogen and oxygen atoms in total. The lowest BCUT2D eigenvalue weighted by atomic mass is 10.4. The van der Waals surface area contributed by atoms with Gasteiger partial charge in [-0.2, -0.15) is 0 Å². The van der Waals surface area contributed by atoms with E-state index in [2.05, 4.69) is 10.1 Å². The Morgan fingerprint density at radius 2 is 2.50 bits per heavy atom. The predicted octanol–water partition coefficient (Wildman–Crippen LogP) is 1.10. The van der Waals surface area contributed by atoms with Crippen LogP contribution >= 0.6 is 0 Å². The number of hydrogen-bond acceptors (Lipinski definition) is 2. The van der Waals surface area contributed by atoms with E-state index in [1.807, 2.05) is 13.0 Å². The first-order chi connectivity index (χ1) is 4.81. The second-order valence-electron chi connectivity index (χ2n) is 1.76. The lowest BCUT2D eigenvalue weighted by molar-refractivity contribution is 0.149. The third-order valence-electron chi connectivity index (χ3n) is 0.905. The van der Waals surface area contributed by atoms with Crippen LogP contribution in [0.2, 0.25) is 0 Å². The third kappa shape index (κ3) is 4.98. The van der Waals surface area contributed by atoms with Gasteiger partial charge in [0.2, 0.25) is 0 Å². The minimum atomic E-state index is -0.545. The van der Waals surface area contributed by atoms with Crippen molar-refractivity contribution < 1.29 is 9.53 Å². The molecule has 0 bridgehead atoms. The standard InChI is InChI=1S/C7H11NO2/c1-3-5-6-10-7(9)8-4-2/h2H,3,5-6H2,1H3,(H,8,9). The summed E-state index contributed by atoms with van der Waals surface area (Å²) in [4.78, 5) is 10.4. The van der Waals surface area contributed by atoms with Gasteiger partial charge in [-0.05, 0) is 6.42 Å². The van der Waals surface area contributed by atoms with E-state index in [4.69, 9.17) is 6.42 Å². The van der Waals surface area contributed by atoms with Gasteiger partial charge < -0.3 is 4.74 Å².